The van der Waals surface area contributed by atoms with E-state index < -0.39 is 0 Å². The lowest BCUT2D eigenvalue weighted by molar-refractivity contribution is 0.415. The van der Waals surface area contributed by atoms with E-state index in [2.05, 4.69) is 44.0 Å². The van der Waals surface area contributed by atoms with Crippen molar-refractivity contribution >= 4 is 38.3 Å². The van der Waals surface area contributed by atoms with Crippen molar-refractivity contribution in [3.63, 3.8) is 0 Å². The molecule has 1 aliphatic heterocycles. The van der Waals surface area contributed by atoms with Crippen molar-refractivity contribution in [3.8, 4) is 17.1 Å². The Hall–Kier alpha value is -2.99. The predicted molar refractivity (Wildman–Crippen MR) is 114 cm³/mol. The minimum absolute atomic E-state index is 0.673. The van der Waals surface area contributed by atoms with E-state index in [1.807, 2.05) is 30.3 Å². The lowest BCUT2D eigenvalue weighted by Gasteiger charge is -2.21. The first-order valence-electron chi connectivity index (χ1n) is 9.05. The maximum absolute atomic E-state index is 5.45. The van der Waals surface area contributed by atoms with Crippen molar-refractivity contribution in [1.82, 2.24) is 15.0 Å². The Kier molecular flexibility index (Phi) is 4.20. The van der Waals surface area contributed by atoms with E-state index in [-0.39, 0.29) is 0 Å². The fraction of sp³-hybridized carbons (Fsp3) is 0.136. The maximum atomic E-state index is 5.45. The highest BCUT2D eigenvalue weighted by Gasteiger charge is 2.24. The number of methoxy groups -OCH3 is 1. The van der Waals surface area contributed by atoms with E-state index >= 15 is 0 Å². The molecule has 0 saturated heterocycles. The molecule has 4 aromatic rings. The van der Waals surface area contributed by atoms with Gasteiger partial charge >= 0.3 is 0 Å². The normalized spacial score (nSPS) is 13.0. The van der Waals surface area contributed by atoms with Gasteiger partial charge in [0.15, 0.2) is 5.82 Å². The van der Waals surface area contributed by atoms with Gasteiger partial charge in [0.25, 0.3) is 0 Å². The second kappa shape index (κ2) is 6.87. The van der Waals surface area contributed by atoms with Crippen LogP contribution >= 0.6 is 15.9 Å². The Morgan fingerprint density at radius 1 is 1.07 bits per heavy atom. The smallest absolute Gasteiger partial charge is 0.163 e. The quantitative estimate of drug-likeness (QED) is 0.447. The number of ether oxygens (including phenoxy) is 1. The molecule has 5 nitrogen and oxygen atoms in total. The lowest BCUT2D eigenvalue weighted by atomic mass is 10.1. The second-order valence-electron chi connectivity index (χ2n) is 6.67. The topological polar surface area (TPSA) is 51.1 Å². The second-order valence-corrected chi connectivity index (χ2v) is 7.59. The first kappa shape index (κ1) is 17.1. The van der Waals surface area contributed by atoms with Crippen LogP contribution in [-0.2, 0) is 6.42 Å². The van der Waals surface area contributed by atoms with Crippen molar-refractivity contribution in [1.29, 1.82) is 0 Å². The summed E-state index contributed by atoms with van der Waals surface area (Å²) in [5, 5.41) is 0.975. The van der Waals surface area contributed by atoms with Crippen LogP contribution in [-0.4, -0.2) is 28.6 Å². The van der Waals surface area contributed by atoms with Crippen LogP contribution in [0.15, 0.2) is 65.4 Å². The molecule has 28 heavy (non-hydrogen) atoms. The number of benzene rings is 2. The van der Waals surface area contributed by atoms with Crippen molar-refractivity contribution in [2.24, 2.45) is 0 Å². The third-order valence-corrected chi connectivity index (χ3v) is 5.49. The summed E-state index contributed by atoms with van der Waals surface area (Å²) in [5.74, 6) is 2.36. The number of nitrogens with zero attached hydrogens (tertiary/aromatic N) is 4. The summed E-state index contributed by atoms with van der Waals surface area (Å²) in [6, 6.07) is 16.2. The van der Waals surface area contributed by atoms with Crippen LogP contribution in [0.3, 0.4) is 0 Å². The fourth-order valence-corrected chi connectivity index (χ4v) is 4.05. The van der Waals surface area contributed by atoms with Crippen LogP contribution < -0.4 is 9.64 Å². The molecule has 0 fully saturated rings. The van der Waals surface area contributed by atoms with Gasteiger partial charge in [0.05, 0.1) is 12.6 Å². The summed E-state index contributed by atoms with van der Waals surface area (Å²) in [4.78, 5) is 16.2. The van der Waals surface area contributed by atoms with Gasteiger partial charge in [0.2, 0.25) is 0 Å². The molecule has 0 atom stereocenters. The Labute approximate surface area is 171 Å². The fourth-order valence-electron chi connectivity index (χ4n) is 3.64. The highest BCUT2D eigenvalue weighted by atomic mass is 79.9. The Morgan fingerprint density at radius 2 is 2.00 bits per heavy atom. The summed E-state index contributed by atoms with van der Waals surface area (Å²) in [5.41, 5.74) is 4.28. The zero-order chi connectivity index (χ0) is 19.1. The van der Waals surface area contributed by atoms with Crippen LogP contribution in [0.1, 0.15) is 5.56 Å². The minimum atomic E-state index is 0.673. The van der Waals surface area contributed by atoms with Gasteiger partial charge in [-0.25, -0.2) is 9.97 Å². The van der Waals surface area contributed by atoms with Gasteiger partial charge in [-0.15, -0.1) is 0 Å². The number of rotatable bonds is 3. The third-order valence-electron chi connectivity index (χ3n) is 5.00. The van der Waals surface area contributed by atoms with Crippen LogP contribution in [0, 0.1) is 0 Å². The number of hydrogen-bond donors (Lipinski definition) is 0. The number of anilines is 2. The molecule has 2 aromatic heterocycles. The largest absolute Gasteiger partial charge is 0.497 e. The monoisotopic (exact) mass is 432 g/mol. The van der Waals surface area contributed by atoms with Gasteiger partial charge in [-0.3, -0.25) is 4.98 Å². The summed E-state index contributed by atoms with van der Waals surface area (Å²) < 4.78 is 6.55. The molecule has 0 spiro atoms. The van der Waals surface area contributed by atoms with E-state index in [0.29, 0.717) is 5.82 Å². The summed E-state index contributed by atoms with van der Waals surface area (Å²) in [7, 11) is 1.67. The molecule has 1 aliphatic rings. The van der Waals surface area contributed by atoms with Crippen molar-refractivity contribution in [2.75, 3.05) is 18.6 Å². The lowest BCUT2D eigenvalue weighted by Crippen LogP contribution is -2.16. The summed E-state index contributed by atoms with van der Waals surface area (Å²) in [6.45, 7) is 0.877. The SMILES string of the molecule is COc1ccc2nc(-c3cccnc3)nc(N3CCc4cc(Br)ccc43)c2c1. The van der Waals surface area contributed by atoms with Crippen LogP contribution in [0.4, 0.5) is 11.5 Å². The van der Waals surface area contributed by atoms with Gasteiger partial charge in [0.1, 0.15) is 11.6 Å². The zero-order valence-electron chi connectivity index (χ0n) is 15.3. The van der Waals surface area contributed by atoms with Crippen LogP contribution in [0.25, 0.3) is 22.3 Å². The molecule has 5 rings (SSSR count). The molecule has 138 valence electrons. The van der Waals surface area contributed by atoms with Crippen LogP contribution in [0.2, 0.25) is 0 Å². The molecule has 0 bridgehead atoms. The molecule has 0 unspecified atom stereocenters. The first-order valence-corrected chi connectivity index (χ1v) is 9.84. The molecule has 0 amide bonds. The van der Waals surface area contributed by atoms with E-state index in [1.54, 1.807) is 19.5 Å². The molecule has 0 aliphatic carbocycles. The highest BCUT2D eigenvalue weighted by Crippen LogP contribution is 2.39. The average Bonchev–Trinajstić information content (AvgIpc) is 3.16. The first-order chi connectivity index (χ1) is 13.7. The Morgan fingerprint density at radius 3 is 2.82 bits per heavy atom. The van der Waals surface area contributed by atoms with E-state index in [1.165, 1.54) is 11.3 Å². The average molecular weight is 433 g/mol. The van der Waals surface area contributed by atoms with Gasteiger partial charge in [0, 0.05) is 40.0 Å². The number of halogens is 1. The third kappa shape index (κ3) is 2.90. The van der Waals surface area contributed by atoms with Crippen LogP contribution in [0.5, 0.6) is 5.75 Å². The molecule has 6 heteroatoms. The highest BCUT2D eigenvalue weighted by molar-refractivity contribution is 9.10. The predicted octanol–water partition coefficient (Wildman–Crippen LogP) is 5.16. The molecular weight excluding hydrogens is 416 g/mol. The van der Waals surface area contributed by atoms with Crippen molar-refractivity contribution < 1.29 is 4.74 Å². The molecule has 0 N–H and O–H groups in total. The van der Waals surface area contributed by atoms with Gasteiger partial charge in [-0.1, -0.05) is 15.9 Å². The van der Waals surface area contributed by atoms with E-state index in [0.717, 1.165) is 45.5 Å². The summed E-state index contributed by atoms with van der Waals surface area (Å²) >= 11 is 3.57. The minimum Gasteiger partial charge on any atom is -0.497 e. The molecule has 2 aromatic carbocycles. The standard InChI is InChI=1S/C22H17BrN4O/c1-28-17-5-6-19-18(12-17)22(26-21(25-19)15-3-2-9-24-13-15)27-10-8-14-11-16(23)4-7-20(14)27/h2-7,9,11-13H,8,10H2,1H3. The number of pyridine rings is 1. The maximum Gasteiger partial charge on any atom is 0.163 e. The summed E-state index contributed by atoms with van der Waals surface area (Å²) in [6.07, 6.45) is 4.53. The zero-order valence-corrected chi connectivity index (χ0v) is 16.8. The van der Waals surface area contributed by atoms with Gasteiger partial charge in [-0.05, 0) is 60.5 Å². The van der Waals surface area contributed by atoms with Gasteiger partial charge in [-0.2, -0.15) is 0 Å². The van der Waals surface area contributed by atoms with Crippen molar-refractivity contribution in [2.45, 2.75) is 6.42 Å². The van der Waals surface area contributed by atoms with Gasteiger partial charge < -0.3 is 9.64 Å². The van der Waals surface area contributed by atoms with E-state index in [9.17, 15) is 0 Å². The Bertz CT molecular complexity index is 1180. The number of fused-ring (bicyclic) bond motifs is 2. The molecule has 0 saturated carbocycles. The number of aromatic nitrogens is 3. The van der Waals surface area contributed by atoms with Crippen molar-refractivity contribution in [3.05, 3.63) is 71.0 Å². The van der Waals surface area contributed by atoms with E-state index in [4.69, 9.17) is 14.7 Å². The number of hydrogen-bond acceptors (Lipinski definition) is 5. The molecule has 0 radical (unpaired) electrons. The Balaban J connectivity index is 1.75. The molecular formula is C22H17BrN4O. The molecule has 3 heterocycles.